The lowest BCUT2D eigenvalue weighted by Crippen LogP contribution is -2.31. The van der Waals surface area contributed by atoms with Gasteiger partial charge in [-0.1, -0.05) is 43.0 Å². The van der Waals surface area contributed by atoms with Crippen LogP contribution >= 0.6 is 23.1 Å². The van der Waals surface area contributed by atoms with E-state index in [1.807, 2.05) is 32.0 Å². The van der Waals surface area contributed by atoms with E-state index in [2.05, 4.69) is 33.8 Å². The molecular weight excluding hydrogens is 382 g/mol. The maximum Gasteiger partial charge on any atom is 0.306 e. The molecule has 2 N–H and O–H groups in total. The molecule has 0 aliphatic carbocycles. The first-order valence-electron chi connectivity index (χ1n) is 8.81. The summed E-state index contributed by atoms with van der Waals surface area (Å²) in [5.41, 5.74) is 1.36. The molecule has 0 aliphatic heterocycles. The largest absolute Gasteiger partial charge is 0.306 e. The molecule has 3 aromatic rings. The SMILES string of the molecule is CC(C)C[C@@H](C)N(O)c1nc(SC(C)c2ccccn2)nc2[nH]c(=O)sc12. The molecule has 0 aliphatic rings. The summed E-state index contributed by atoms with van der Waals surface area (Å²) in [5.74, 6) is 0.794. The molecule has 27 heavy (non-hydrogen) atoms. The molecule has 9 heteroatoms. The van der Waals surface area contributed by atoms with Crippen LogP contribution < -0.4 is 9.94 Å². The molecule has 0 spiro atoms. The number of hydroxylamine groups is 1. The first-order valence-corrected chi connectivity index (χ1v) is 10.5. The summed E-state index contributed by atoms with van der Waals surface area (Å²) in [5, 5.41) is 12.4. The van der Waals surface area contributed by atoms with Gasteiger partial charge in [-0.25, -0.2) is 15.0 Å². The van der Waals surface area contributed by atoms with Gasteiger partial charge in [-0.3, -0.25) is 20.0 Å². The predicted molar refractivity (Wildman–Crippen MR) is 110 cm³/mol. The van der Waals surface area contributed by atoms with Crippen molar-refractivity contribution in [3.05, 3.63) is 39.8 Å². The summed E-state index contributed by atoms with van der Waals surface area (Å²) in [7, 11) is 0. The van der Waals surface area contributed by atoms with E-state index in [-0.39, 0.29) is 16.2 Å². The lowest BCUT2D eigenvalue weighted by Gasteiger charge is -2.25. The Kier molecular flexibility index (Phi) is 6.13. The van der Waals surface area contributed by atoms with E-state index in [0.717, 1.165) is 28.5 Å². The molecule has 0 amide bonds. The van der Waals surface area contributed by atoms with Gasteiger partial charge in [0.1, 0.15) is 4.70 Å². The van der Waals surface area contributed by atoms with Crippen molar-refractivity contribution in [2.45, 2.75) is 50.6 Å². The van der Waals surface area contributed by atoms with Crippen LogP contribution in [-0.4, -0.2) is 31.2 Å². The molecule has 3 aromatic heterocycles. The molecule has 7 nitrogen and oxygen atoms in total. The number of nitrogens with zero attached hydrogens (tertiary/aromatic N) is 4. The van der Waals surface area contributed by atoms with Gasteiger partial charge >= 0.3 is 4.87 Å². The van der Waals surface area contributed by atoms with Crippen molar-refractivity contribution >= 4 is 39.3 Å². The number of hydrogen-bond acceptors (Lipinski definition) is 8. The zero-order valence-corrected chi connectivity index (χ0v) is 17.3. The zero-order valence-electron chi connectivity index (χ0n) is 15.7. The zero-order chi connectivity index (χ0) is 19.6. The fourth-order valence-electron chi connectivity index (χ4n) is 2.85. The number of thioether (sulfide) groups is 1. The quantitative estimate of drug-likeness (QED) is 0.344. The van der Waals surface area contributed by atoms with Crippen LogP contribution in [0.5, 0.6) is 0 Å². The Bertz CT molecular complexity index is 957. The second-order valence-electron chi connectivity index (χ2n) is 6.86. The first-order chi connectivity index (χ1) is 12.8. The molecule has 144 valence electrons. The van der Waals surface area contributed by atoms with Gasteiger partial charge in [-0.2, -0.15) is 0 Å². The number of pyridine rings is 1. The minimum absolute atomic E-state index is 0.0297. The number of anilines is 1. The lowest BCUT2D eigenvalue weighted by atomic mass is 10.1. The molecule has 0 radical (unpaired) electrons. The highest BCUT2D eigenvalue weighted by Crippen LogP contribution is 2.35. The number of nitrogens with one attached hydrogen (secondary N) is 1. The molecule has 0 fully saturated rings. The van der Waals surface area contributed by atoms with Crippen LogP contribution in [0.25, 0.3) is 10.3 Å². The van der Waals surface area contributed by atoms with Crippen molar-refractivity contribution in [2.24, 2.45) is 5.92 Å². The summed E-state index contributed by atoms with van der Waals surface area (Å²) in [6.45, 7) is 8.16. The Morgan fingerprint density at radius 2 is 2.04 bits per heavy atom. The van der Waals surface area contributed by atoms with Gasteiger partial charge in [0.2, 0.25) is 0 Å². The van der Waals surface area contributed by atoms with E-state index in [1.165, 1.54) is 11.8 Å². The van der Waals surface area contributed by atoms with Crippen LogP contribution in [0.15, 0.2) is 34.3 Å². The van der Waals surface area contributed by atoms with E-state index in [0.29, 0.717) is 27.2 Å². The van der Waals surface area contributed by atoms with Crippen molar-refractivity contribution in [1.29, 1.82) is 0 Å². The van der Waals surface area contributed by atoms with Gasteiger partial charge in [0, 0.05) is 6.20 Å². The van der Waals surface area contributed by atoms with Crippen molar-refractivity contribution in [3.8, 4) is 0 Å². The van der Waals surface area contributed by atoms with Crippen LogP contribution in [0.4, 0.5) is 5.82 Å². The highest BCUT2D eigenvalue weighted by molar-refractivity contribution is 7.99. The maximum atomic E-state index is 11.8. The summed E-state index contributed by atoms with van der Waals surface area (Å²) >= 11 is 2.45. The number of rotatable bonds is 7. The van der Waals surface area contributed by atoms with Gasteiger partial charge in [0.15, 0.2) is 16.6 Å². The Hall–Kier alpha value is -1.97. The minimum Gasteiger partial charge on any atom is -0.297 e. The first kappa shape index (κ1) is 19.8. The highest BCUT2D eigenvalue weighted by atomic mass is 32.2. The Labute approximate surface area is 165 Å². The average Bonchev–Trinajstić information content (AvgIpc) is 3.00. The molecule has 0 bridgehead atoms. The smallest absolute Gasteiger partial charge is 0.297 e. The normalized spacial score (nSPS) is 13.9. The Balaban J connectivity index is 1.96. The van der Waals surface area contributed by atoms with Crippen LogP contribution in [0, 0.1) is 5.92 Å². The van der Waals surface area contributed by atoms with E-state index in [9.17, 15) is 10.0 Å². The molecule has 0 aromatic carbocycles. The predicted octanol–water partition coefficient (Wildman–Crippen LogP) is 4.26. The molecule has 3 heterocycles. The number of aromatic amines is 1. The number of H-pyrrole nitrogens is 1. The summed E-state index contributed by atoms with van der Waals surface area (Å²) in [6.07, 6.45) is 2.55. The second-order valence-corrected chi connectivity index (χ2v) is 9.15. The van der Waals surface area contributed by atoms with E-state index in [4.69, 9.17) is 0 Å². The fourth-order valence-corrected chi connectivity index (χ4v) is 4.46. The summed E-state index contributed by atoms with van der Waals surface area (Å²) in [4.78, 5) is 27.8. The monoisotopic (exact) mass is 405 g/mol. The topological polar surface area (TPSA) is 95.0 Å². The molecular formula is C18H23N5O2S2. The average molecular weight is 406 g/mol. The van der Waals surface area contributed by atoms with Gasteiger partial charge in [0.25, 0.3) is 0 Å². The highest BCUT2D eigenvalue weighted by Gasteiger charge is 2.22. The number of thiazole rings is 1. The van der Waals surface area contributed by atoms with Gasteiger partial charge < -0.3 is 0 Å². The van der Waals surface area contributed by atoms with Gasteiger partial charge in [0.05, 0.1) is 17.0 Å². The summed E-state index contributed by atoms with van der Waals surface area (Å²) in [6, 6.07) is 5.63. The molecule has 1 unspecified atom stereocenters. The summed E-state index contributed by atoms with van der Waals surface area (Å²) < 4.78 is 0.563. The second kappa shape index (κ2) is 8.37. The van der Waals surface area contributed by atoms with Crippen molar-refractivity contribution in [1.82, 2.24) is 19.9 Å². The van der Waals surface area contributed by atoms with E-state index < -0.39 is 0 Å². The van der Waals surface area contributed by atoms with E-state index in [1.54, 1.807) is 6.20 Å². The minimum atomic E-state index is -0.217. The van der Waals surface area contributed by atoms with Crippen molar-refractivity contribution in [3.63, 3.8) is 0 Å². The number of aromatic nitrogens is 4. The van der Waals surface area contributed by atoms with Crippen LogP contribution in [0.1, 0.15) is 45.1 Å². The molecule has 2 atom stereocenters. The lowest BCUT2D eigenvalue weighted by molar-refractivity contribution is 0.206. The third kappa shape index (κ3) is 4.66. The standard InChI is InChI=1S/C18H23N5O2S2/c1-10(2)9-11(3)23(25)16-14-15(21-18(24)27-14)20-17(22-16)26-12(4)13-7-5-6-8-19-13/h5-8,10-12,25H,9H2,1-4H3,(H,20,21,22,24)/t11-,12?/m1/s1. The maximum absolute atomic E-state index is 11.8. The van der Waals surface area contributed by atoms with Crippen molar-refractivity contribution in [2.75, 3.05) is 5.06 Å². The van der Waals surface area contributed by atoms with Crippen LogP contribution in [0.2, 0.25) is 0 Å². The number of hydrogen-bond donors (Lipinski definition) is 2. The van der Waals surface area contributed by atoms with E-state index >= 15 is 0 Å². The Morgan fingerprint density at radius 3 is 2.70 bits per heavy atom. The van der Waals surface area contributed by atoms with Crippen molar-refractivity contribution < 1.29 is 5.21 Å². The number of fused-ring (bicyclic) bond motifs is 1. The van der Waals surface area contributed by atoms with Gasteiger partial charge in [-0.15, -0.1) is 0 Å². The third-order valence-corrected chi connectivity index (χ3v) is 5.93. The van der Waals surface area contributed by atoms with Crippen LogP contribution in [0.3, 0.4) is 0 Å². The van der Waals surface area contributed by atoms with Gasteiger partial charge in [-0.05, 0) is 38.3 Å². The van der Waals surface area contributed by atoms with Crippen LogP contribution in [-0.2, 0) is 0 Å². The fraction of sp³-hybridized carbons (Fsp3) is 0.444. The molecule has 3 rings (SSSR count). The molecule has 0 saturated heterocycles. The third-order valence-electron chi connectivity index (χ3n) is 4.08. The Morgan fingerprint density at radius 1 is 1.26 bits per heavy atom. The molecule has 0 saturated carbocycles.